The number of halogens is 1. The fourth-order valence-corrected chi connectivity index (χ4v) is 5.27. The molecule has 1 amide bonds. The minimum absolute atomic E-state index is 0.0243. The first-order chi connectivity index (χ1) is 16.4. The molecule has 2 aliphatic rings. The van der Waals surface area contributed by atoms with Crippen molar-refractivity contribution >= 4 is 17.2 Å². The van der Waals surface area contributed by atoms with Gasteiger partial charge in [0.2, 0.25) is 5.43 Å². The van der Waals surface area contributed by atoms with Crippen molar-refractivity contribution < 1.29 is 19.0 Å². The molecule has 3 aromatic rings. The maximum absolute atomic E-state index is 13.2. The smallest absolute Gasteiger partial charge is 0.274 e. The van der Waals surface area contributed by atoms with E-state index in [1.165, 1.54) is 23.5 Å². The maximum atomic E-state index is 13.2. The van der Waals surface area contributed by atoms with Gasteiger partial charge in [-0.2, -0.15) is 0 Å². The summed E-state index contributed by atoms with van der Waals surface area (Å²) < 4.78 is 20.4. The monoisotopic (exact) mass is 484 g/mol. The van der Waals surface area contributed by atoms with Gasteiger partial charge in [-0.25, -0.2) is 4.39 Å². The number of hydrogen-bond acceptors (Lipinski definition) is 7. The van der Waals surface area contributed by atoms with Crippen LogP contribution in [0.4, 0.5) is 4.39 Å². The third kappa shape index (κ3) is 4.23. The quantitative estimate of drug-likeness (QED) is 0.552. The molecule has 0 bridgehead atoms. The zero-order chi connectivity index (χ0) is 24.0. The van der Waals surface area contributed by atoms with Crippen molar-refractivity contribution in [3.8, 4) is 16.3 Å². The third-order valence-electron chi connectivity index (χ3n) is 6.43. The second kappa shape index (κ2) is 8.92. The number of nitrogens with zero attached hydrogens (tertiary/aromatic N) is 4. The number of ether oxygens (including phenoxy) is 1. The first-order valence-corrected chi connectivity index (χ1v) is 12.1. The lowest BCUT2D eigenvalue weighted by Crippen LogP contribution is -2.46. The molecule has 1 aliphatic heterocycles. The van der Waals surface area contributed by atoms with Crippen LogP contribution < -0.4 is 5.43 Å². The Morgan fingerprint density at radius 1 is 1.24 bits per heavy atom. The van der Waals surface area contributed by atoms with E-state index in [1.54, 1.807) is 34.9 Å². The number of amides is 1. The summed E-state index contributed by atoms with van der Waals surface area (Å²) in [6.07, 6.45) is 4.48. The van der Waals surface area contributed by atoms with Crippen LogP contribution in [0.3, 0.4) is 0 Å². The minimum Gasteiger partial charge on any atom is -0.503 e. The van der Waals surface area contributed by atoms with Crippen LogP contribution in [0.2, 0.25) is 0 Å². The van der Waals surface area contributed by atoms with Crippen LogP contribution in [0, 0.1) is 5.82 Å². The number of benzene rings is 1. The van der Waals surface area contributed by atoms with Crippen LogP contribution in [-0.2, 0) is 11.2 Å². The molecule has 0 saturated heterocycles. The van der Waals surface area contributed by atoms with Gasteiger partial charge in [0.1, 0.15) is 10.8 Å². The molecule has 1 N–H and O–H groups in total. The summed E-state index contributed by atoms with van der Waals surface area (Å²) in [5, 5.41) is 20.2. The summed E-state index contributed by atoms with van der Waals surface area (Å²) in [4.78, 5) is 28.1. The molecule has 0 radical (unpaired) electrons. The van der Waals surface area contributed by atoms with Crippen molar-refractivity contribution in [2.24, 2.45) is 0 Å². The Morgan fingerprint density at radius 3 is 2.65 bits per heavy atom. The third-order valence-corrected chi connectivity index (χ3v) is 7.39. The van der Waals surface area contributed by atoms with Gasteiger partial charge < -0.3 is 19.3 Å². The Hall–Kier alpha value is -3.11. The van der Waals surface area contributed by atoms with Crippen molar-refractivity contribution in [3.05, 3.63) is 62.8 Å². The van der Waals surface area contributed by atoms with Gasteiger partial charge in [0.05, 0.1) is 17.7 Å². The Balaban J connectivity index is 1.52. The Kier molecular flexibility index (Phi) is 5.95. The lowest BCUT2D eigenvalue weighted by Gasteiger charge is -2.37. The number of methoxy groups -OCH3 is 1. The summed E-state index contributed by atoms with van der Waals surface area (Å²) in [5.41, 5.74) is 0.455. The fraction of sp³-hybridized carbons (Fsp3) is 0.417. The van der Waals surface area contributed by atoms with Crippen molar-refractivity contribution in [1.82, 2.24) is 19.7 Å². The van der Waals surface area contributed by atoms with E-state index in [4.69, 9.17) is 4.74 Å². The van der Waals surface area contributed by atoms with Crippen LogP contribution in [0.1, 0.15) is 53.3 Å². The van der Waals surface area contributed by atoms with E-state index in [0.29, 0.717) is 29.4 Å². The highest BCUT2D eigenvalue weighted by molar-refractivity contribution is 7.14. The van der Waals surface area contributed by atoms with Gasteiger partial charge in [0.25, 0.3) is 5.91 Å². The van der Waals surface area contributed by atoms with Gasteiger partial charge in [0.15, 0.2) is 16.5 Å². The summed E-state index contributed by atoms with van der Waals surface area (Å²) in [6.45, 7) is 2.45. The van der Waals surface area contributed by atoms with Gasteiger partial charge in [-0.3, -0.25) is 9.59 Å². The van der Waals surface area contributed by atoms with Crippen LogP contribution >= 0.6 is 11.3 Å². The maximum Gasteiger partial charge on any atom is 0.274 e. The topological polar surface area (TPSA) is 97.6 Å². The molecule has 1 saturated carbocycles. The number of rotatable bonds is 7. The van der Waals surface area contributed by atoms with Crippen LogP contribution in [0.5, 0.6) is 5.75 Å². The number of aromatic nitrogens is 3. The minimum atomic E-state index is -0.639. The molecule has 1 aliphatic carbocycles. The second-order valence-electron chi connectivity index (χ2n) is 8.91. The standard InChI is InChI=1S/C24H25FN4O4S/c1-13(33-2)9-17-11-29(16-7-8-16)24(32)20-22(31)21(30)18(12-28(17)20)23-27-26-19(34-23)10-14-3-5-15(25)6-4-14/h3-6,12-13,16-17,31H,7-11H2,1-2H3/t13-,17+/m1/s1. The Bertz CT molecular complexity index is 1290. The fourth-order valence-electron chi connectivity index (χ4n) is 4.38. The molecule has 2 aromatic heterocycles. The van der Waals surface area contributed by atoms with E-state index in [-0.39, 0.29) is 41.2 Å². The van der Waals surface area contributed by atoms with Gasteiger partial charge in [-0.1, -0.05) is 23.5 Å². The highest BCUT2D eigenvalue weighted by atomic mass is 32.1. The first-order valence-electron chi connectivity index (χ1n) is 11.2. The number of aromatic hydroxyl groups is 1. The van der Waals surface area contributed by atoms with Crippen LogP contribution in [0.15, 0.2) is 35.3 Å². The molecule has 10 heteroatoms. The van der Waals surface area contributed by atoms with E-state index in [0.717, 1.165) is 18.4 Å². The van der Waals surface area contributed by atoms with Gasteiger partial charge in [-0.05, 0) is 43.9 Å². The number of pyridine rings is 1. The largest absolute Gasteiger partial charge is 0.503 e. The van der Waals surface area contributed by atoms with Crippen molar-refractivity contribution in [2.75, 3.05) is 13.7 Å². The highest BCUT2D eigenvalue weighted by Gasteiger charge is 2.42. The van der Waals surface area contributed by atoms with Gasteiger partial charge in [0, 0.05) is 32.3 Å². The van der Waals surface area contributed by atoms with Crippen LogP contribution in [-0.4, -0.2) is 56.5 Å². The predicted molar refractivity (Wildman–Crippen MR) is 125 cm³/mol. The van der Waals surface area contributed by atoms with E-state index in [1.807, 2.05) is 6.92 Å². The number of hydrogen-bond donors (Lipinski definition) is 1. The van der Waals surface area contributed by atoms with Crippen LogP contribution in [0.25, 0.3) is 10.6 Å². The molecule has 0 unspecified atom stereocenters. The summed E-state index contributed by atoms with van der Waals surface area (Å²) in [6, 6.07) is 6.12. The molecule has 0 spiro atoms. The lowest BCUT2D eigenvalue weighted by atomic mass is 10.0. The zero-order valence-corrected chi connectivity index (χ0v) is 19.7. The highest BCUT2D eigenvalue weighted by Crippen LogP contribution is 2.37. The SMILES string of the molecule is CO[C@H](C)C[C@H]1CN(C2CC2)C(=O)c2c(O)c(=O)c(-c3nnc(Cc4ccc(F)cc4)s3)cn21. The predicted octanol–water partition coefficient (Wildman–Crippen LogP) is 3.39. The van der Waals surface area contributed by atoms with Crippen molar-refractivity contribution in [2.45, 2.75) is 50.8 Å². The summed E-state index contributed by atoms with van der Waals surface area (Å²) >= 11 is 1.23. The normalized spacial score (nSPS) is 18.7. The van der Waals surface area contributed by atoms with E-state index in [2.05, 4.69) is 10.2 Å². The Morgan fingerprint density at radius 2 is 1.97 bits per heavy atom. The first kappa shape index (κ1) is 22.7. The molecule has 34 heavy (non-hydrogen) atoms. The van der Waals surface area contributed by atoms with E-state index < -0.39 is 11.2 Å². The molecule has 8 nitrogen and oxygen atoms in total. The zero-order valence-electron chi connectivity index (χ0n) is 18.9. The summed E-state index contributed by atoms with van der Waals surface area (Å²) in [7, 11) is 1.64. The van der Waals surface area contributed by atoms with E-state index in [9.17, 15) is 19.1 Å². The van der Waals surface area contributed by atoms with Gasteiger partial charge in [-0.15, -0.1) is 10.2 Å². The molecule has 178 valence electrons. The second-order valence-corrected chi connectivity index (χ2v) is 9.97. The lowest BCUT2D eigenvalue weighted by molar-refractivity contribution is 0.0542. The molecule has 1 fully saturated rings. The van der Waals surface area contributed by atoms with Crippen molar-refractivity contribution in [3.63, 3.8) is 0 Å². The summed E-state index contributed by atoms with van der Waals surface area (Å²) in [5.74, 6) is -1.19. The van der Waals surface area contributed by atoms with E-state index >= 15 is 0 Å². The number of carbonyl (C=O) groups excluding carboxylic acids is 1. The van der Waals surface area contributed by atoms with Gasteiger partial charge >= 0.3 is 0 Å². The number of carbonyl (C=O) groups is 1. The number of fused-ring (bicyclic) bond motifs is 1. The molecule has 2 atom stereocenters. The Labute approximate surface area is 199 Å². The average molecular weight is 485 g/mol. The molecular weight excluding hydrogens is 459 g/mol. The molecule has 3 heterocycles. The molecule has 1 aromatic carbocycles. The van der Waals surface area contributed by atoms with Crippen molar-refractivity contribution in [1.29, 1.82) is 0 Å². The molecule has 5 rings (SSSR count). The molecular formula is C24H25FN4O4S. The average Bonchev–Trinajstić information content (AvgIpc) is 3.57.